The van der Waals surface area contributed by atoms with Gasteiger partial charge in [0.25, 0.3) is 5.78 Å². The van der Waals surface area contributed by atoms with Crippen molar-refractivity contribution in [2.75, 3.05) is 20.8 Å². The highest BCUT2D eigenvalue weighted by Crippen LogP contribution is 2.31. The predicted molar refractivity (Wildman–Crippen MR) is 63.3 cm³/mol. The van der Waals surface area contributed by atoms with Crippen LogP contribution in [0.2, 0.25) is 0 Å². The van der Waals surface area contributed by atoms with Gasteiger partial charge in [0, 0.05) is 0 Å². The molecule has 0 bridgehead atoms. The number of hydrogen-bond donors (Lipinski definition) is 0. The fourth-order valence-electron chi connectivity index (χ4n) is 1.83. The maximum atomic E-state index is 12.2. The number of hydrogen-bond acceptors (Lipinski definition) is 6. The number of benzene rings is 1. The van der Waals surface area contributed by atoms with Crippen molar-refractivity contribution >= 4 is 17.5 Å². The summed E-state index contributed by atoms with van der Waals surface area (Å²) in [5, 5.41) is 0. The summed E-state index contributed by atoms with van der Waals surface area (Å²) in [4.78, 5) is 35.1. The van der Waals surface area contributed by atoms with Crippen LogP contribution >= 0.6 is 0 Å². The number of methoxy groups -OCH3 is 2. The van der Waals surface area contributed by atoms with Crippen LogP contribution in [0.25, 0.3) is 0 Å². The number of ketones is 2. The first-order valence-electron chi connectivity index (χ1n) is 5.55. The third kappa shape index (κ3) is 2.29. The largest absolute Gasteiger partial charge is 0.497 e. The molecule has 1 aromatic rings. The lowest BCUT2D eigenvalue weighted by Crippen LogP contribution is -2.38. The molecule has 100 valence electrons. The average Bonchev–Trinajstić information content (AvgIpc) is 2.46. The summed E-state index contributed by atoms with van der Waals surface area (Å²) in [6.45, 7) is -0.161. The third-order valence-electron chi connectivity index (χ3n) is 2.88. The fraction of sp³-hybridized carbons (Fsp3) is 0.308. The van der Waals surface area contributed by atoms with Gasteiger partial charge in [-0.15, -0.1) is 0 Å². The van der Waals surface area contributed by atoms with Crippen LogP contribution < -0.4 is 9.47 Å². The molecule has 6 nitrogen and oxygen atoms in total. The molecular formula is C13H12O6. The van der Waals surface area contributed by atoms with Crippen LogP contribution in [-0.2, 0) is 14.3 Å². The van der Waals surface area contributed by atoms with E-state index in [-0.39, 0.29) is 12.2 Å². The highest BCUT2D eigenvalue weighted by Gasteiger charge is 2.38. The second kappa shape index (κ2) is 5.09. The molecule has 0 aliphatic carbocycles. The molecule has 0 aromatic heterocycles. The van der Waals surface area contributed by atoms with Gasteiger partial charge in [-0.1, -0.05) is 0 Å². The summed E-state index contributed by atoms with van der Waals surface area (Å²) in [6.07, 6.45) is 0. The molecule has 0 amide bonds. The normalized spacial score (nSPS) is 17.2. The highest BCUT2D eigenvalue weighted by molar-refractivity contribution is 6.39. The van der Waals surface area contributed by atoms with Crippen molar-refractivity contribution in [1.82, 2.24) is 0 Å². The number of carbonyl (C=O) groups is 3. The minimum Gasteiger partial charge on any atom is -0.497 e. The maximum absolute atomic E-state index is 12.2. The minimum atomic E-state index is -1.16. The van der Waals surface area contributed by atoms with Gasteiger partial charge < -0.3 is 14.2 Å². The first kappa shape index (κ1) is 13.1. The number of esters is 1. The van der Waals surface area contributed by atoms with Gasteiger partial charge in [-0.2, -0.15) is 0 Å². The van der Waals surface area contributed by atoms with Crippen LogP contribution in [0.5, 0.6) is 11.5 Å². The van der Waals surface area contributed by atoms with E-state index in [1.54, 1.807) is 12.1 Å². The molecule has 1 aromatic carbocycles. The molecule has 19 heavy (non-hydrogen) atoms. The molecule has 0 saturated carbocycles. The first-order chi connectivity index (χ1) is 9.08. The lowest BCUT2D eigenvalue weighted by atomic mass is 9.91. The summed E-state index contributed by atoms with van der Waals surface area (Å²) < 4.78 is 14.7. The second-order valence-corrected chi connectivity index (χ2v) is 3.95. The van der Waals surface area contributed by atoms with Gasteiger partial charge in [-0.3, -0.25) is 9.59 Å². The van der Waals surface area contributed by atoms with E-state index < -0.39 is 23.5 Å². The number of Topliss-reactive ketones (excluding diaryl/α,β-unsaturated/α-hetero) is 2. The van der Waals surface area contributed by atoms with Gasteiger partial charge in [-0.05, 0) is 18.2 Å². The quantitative estimate of drug-likeness (QED) is 0.452. The van der Waals surface area contributed by atoms with Crippen LogP contribution in [0.3, 0.4) is 0 Å². The monoisotopic (exact) mass is 264 g/mol. The predicted octanol–water partition coefficient (Wildman–Crippen LogP) is 0.629. The SMILES string of the molecule is COC(=O)C(=O)C1COc2ccc(OC)cc2C1=O. The summed E-state index contributed by atoms with van der Waals surface area (Å²) in [6, 6.07) is 4.72. The number of carbonyl (C=O) groups excluding carboxylic acids is 3. The van der Waals surface area contributed by atoms with Crippen LogP contribution in [0, 0.1) is 5.92 Å². The smallest absolute Gasteiger partial charge is 0.375 e. The van der Waals surface area contributed by atoms with Crippen molar-refractivity contribution in [3.05, 3.63) is 23.8 Å². The molecule has 1 unspecified atom stereocenters. The molecule has 6 heteroatoms. The van der Waals surface area contributed by atoms with Crippen molar-refractivity contribution in [3.63, 3.8) is 0 Å². The molecule has 1 aliphatic heterocycles. The van der Waals surface area contributed by atoms with Crippen molar-refractivity contribution in [1.29, 1.82) is 0 Å². The average molecular weight is 264 g/mol. The lowest BCUT2D eigenvalue weighted by Gasteiger charge is -2.22. The van der Waals surface area contributed by atoms with Crippen LogP contribution in [0.15, 0.2) is 18.2 Å². The number of ether oxygens (including phenoxy) is 3. The van der Waals surface area contributed by atoms with Gasteiger partial charge >= 0.3 is 5.97 Å². The molecule has 0 fully saturated rings. The van der Waals surface area contributed by atoms with Gasteiger partial charge in [0.05, 0.1) is 19.8 Å². The van der Waals surface area contributed by atoms with Crippen molar-refractivity contribution in [3.8, 4) is 11.5 Å². The Labute approximate surface area is 109 Å². The molecule has 0 N–H and O–H groups in total. The molecule has 0 radical (unpaired) electrons. The van der Waals surface area contributed by atoms with Gasteiger partial charge in [0.2, 0.25) is 0 Å². The molecule has 0 saturated heterocycles. The zero-order chi connectivity index (χ0) is 14.0. The van der Waals surface area contributed by atoms with Crippen LogP contribution in [-0.4, -0.2) is 38.4 Å². The Kier molecular flexibility index (Phi) is 3.50. The van der Waals surface area contributed by atoms with E-state index in [0.29, 0.717) is 11.5 Å². The van der Waals surface area contributed by atoms with Gasteiger partial charge in [-0.25, -0.2) is 4.79 Å². The minimum absolute atomic E-state index is 0.161. The molecule has 0 spiro atoms. The Bertz CT molecular complexity index is 548. The van der Waals surface area contributed by atoms with E-state index in [1.807, 2.05) is 0 Å². The van der Waals surface area contributed by atoms with E-state index in [0.717, 1.165) is 7.11 Å². The molecule has 1 atom stereocenters. The Morgan fingerprint density at radius 1 is 1.32 bits per heavy atom. The zero-order valence-corrected chi connectivity index (χ0v) is 10.5. The van der Waals surface area contributed by atoms with E-state index in [1.165, 1.54) is 13.2 Å². The number of rotatable bonds is 3. The summed E-state index contributed by atoms with van der Waals surface area (Å²) in [5.41, 5.74) is 0.229. The maximum Gasteiger partial charge on any atom is 0.375 e. The summed E-state index contributed by atoms with van der Waals surface area (Å²) in [5.74, 6) is -2.72. The molecule has 1 aliphatic rings. The van der Waals surface area contributed by atoms with E-state index in [4.69, 9.17) is 9.47 Å². The van der Waals surface area contributed by atoms with E-state index in [9.17, 15) is 14.4 Å². The van der Waals surface area contributed by atoms with Crippen LogP contribution in [0.4, 0.5) is 0 Å². The first-order valence-corrected chi connectivity index (χ1v) is 5.55. The Morgan fingerprint density at radius 2 is 2.05 bits per heavy atom. The van der Waals surface area contributed by atoms with Crippen molar-refractivity contribution in [2.24, 2.45) is 5.92 Å². The van der Waals surface area contributed by atoms with Crippen molar-refractivity contribution < 1.29 is 28.6 Å². The second-order valence-electron chi connectivity index (χ2n) is 3.95. The molecule has 1 heterocycles. The van der Waals surface area contributed by atoms with Crippen LogP contribution in [0.1, 0.15) is 10.4 Å². The van der Waals surface area contributed by atoms with Crippen molar-refractivity contribution in [2.45, 2.75) is 0 Å². The van der Waals surface area contributed by atoms with E-state index in [2.05, 4.69) is 4.74 Å². The van der Waals surface area contributed by atoms with Gasteiger partial charge in [0.15, 0.2) is 5.78 Å². The topological polar surface area (TPSA) is 78.9 Å². The Balaban J connectivity index is 2.33. The number of fused-ring (bicyclic) bond motifs is 1. The van der Waals surface area contributed by atoms with Gasteiger partial charge in [0.1, 0.15) is 24.0 Å². The summed E-state index contributed by atoms with van der Waals surface area (Å²) >= 11 is 0. The van der Waals surface area contributed by atoms with E-state index >= 15 is 0 Å². The lowest BCUT2D eigenvalue weighted by molar-refractivity contribution is -0.153. The summed E-state index contributed by atoms with van der Waals surface area (Å²) in [7, 11) is 2.55. The highest BCUT2D eigenvalue weighted by atomic mass is 16.5. The standard InChI is InChI=1S/C13H12O6/c1-17-7-3-4-10-8(5-7)11(14)9(6-19-10)12(15)13(16)18-2/h3-5,9H,6H2,1-2H3. The zero-order valence-electron chi connectivity index (χ0n) is 10.5. The Hall–Kier alpha value is -2.37. The Morgan fingerprint density at radius 3 is 2.68 bits per heavy atom. The third-order valence-corrected chi connectivity index (χ3v) is 2.88. The fourth-order valence-corrected chi connectivity index (χ4v) is 1.83. The molecule has 2 rings (SSSR count). The molecular weight excluding hydrogens is 252 g/mol.